The molecule has 1 aromatic carbocycles. The minimum absolute atomic E-state index is 0.0116. The average Bonchev–Trinajstić information content (AvgIpc) is 2.49. The first kappa shape index (κ1) is 14.5. The van der Waals surface area contributed by atoms with Gasteiger partial charge in [-0.1, -0.05) is 17.3 Å². The zero-order chi connectivity index (χ0) is 15.4. The predicted octanol–water partition coefficient (Wildman–Crippen LogP) is 2.05. The molecule has 0 aliphatic rings. The third-order valence-electron chi connectivity index (χ3n) is 3.06. The highest BCUT2D eigenvalue weighted by molar-refractivity contribution is 6.05. The highest BCUT2D eigenvalue weighted by Gasteiger charge is 2.10. The van der Waals surface area contributed by atoms with Crippen molar-refractivity contribution in [3.05, 3.63) is 58.9 Å². The van der Waals surface area contributed by atoms with Crippen molar-refractivity contribution in [1.29, 1.82) is 0 Å². The number of carbonyl (C=O) groups excluding carboxylic acids is 1. The van der Waals surface area contributed by atoms with Gasteiger partial charge >= 0.3 is 0 Å². The number of rotatable bonds is 3. The van der Waals surface area contributed by atoms with E-state index in [1.165, 1.54) is 6.20 Å². The Morgan fingerprint density at radius 3 is 2.57 bits per heavy atom. The van der Waals surface area contributed by atoms with Crippen LogP contribution in [0.5, 0.6) is 0 Å². The van der Waals surface area contributed by atoms with E-state index in [9.17, 15) is 4.79 Å². The van der Waals surface area contributed by atoms with Crippen LogP contribution in [0, 0.1) is 13.8 Å². The van der Waals surface area contributed by atoms with Crippen molar-refractivity contribution < 1.29 is 10.0 Å². The number of hydrogen-bond acceptors (Lipinski definition) is 4. The van der Waals surface area contributed by atoms with E-state index >= 15 is 0 Å². The average molecular weight is 284 g/mol. The SMILES string of the molecule is Cc1ccc(C(=O)Nc2cc(C(N)=NO)ccc2C)cn1. The van der Waals surface area contributed by atoms with Crippen molar-refractivity contribution >= 4 is 17.4 Å². The Labute approximate surface area is 122 Å². The van der Waals surface area contributed by atoms with E-state index in [1.54, 1.807) is 30.3 Å². The summed E-state index contributed by atoms with van der Waals surface area (Å²) in [5.74, 6) is -0.273. The van der Waals surface area contributed by atoms with Crippen LogP contribution in [0.3, 0.4) is 0 Å². The Morgan fingerprint density at radius 1 is 1.24 bits per heavy atom. The van der Waals surface area contributed by atoms with Gasteiger partial charge in [-0.2, -0.15) is 0 Å². The van der Waals surface area contributed by atoms with Crippen LogP contribution in [-0.2, 0) is 0 Å². The van der Waals surface area contributed by atoms with Crippen LogP contribution in [-0.4, -0.2) is 21.9 Å². The van der Waals surface area contributed by atoms with Crippen molar-refractivity contribution in [2.45, 2.75) is 13.8 Å². The van der Waals surface area contributed by atoms with Gasteiger partial charge < -0.3 is 16.3 Å². The van der Waals surface area contributed by atoms with Crippen molar-refractivity contribution in [3.63, 3.8) is 0 Å². The molecule has 1 amide bonds. The Morgan fingerprint density at radius 2 is 1.95 bits per heavy atom. The Kier molecular flexibility index (Phi) is 4.18. The van der Waals surface area contributed by atoms with Crippen LogP contribution < -0.4 is 11.1 Å². The monoisotopic (exact) mass is 284 g/mol. The molecule has 6 nitrogen and oxygen atoms in total. The largest absolute Gasteiger partial charge is 0.409 e. The van der Waals surface area contributed by atoms with Gasteiger partial charge in [0.15, 0.2) is 5.84 Å². The second kappa shape index (κ2) is 6.04. The molecule has 0 unspecified atom stereocenters. The summed E-state index contributed by atoms with van der Waals surface area (Å²) < 4.78 is 0. The first-order chi connectivity index (χ1) is 10.0. The van der Waals surface area contributed by atoms with Crippen LogP contribution in [0.15, 0.2) is 41.7 Å². The number of nitrogens with one attached hydrogen (secondary N) is 1. The molecule has 4 N–H and O–H groups in total. The number of aromatic nitrogens is 1. The van der Waals surface area contributed by atoms with E-state index in [0.717, 1.165) is 11.3 Å². The molecule has 0 radical (unpaired) electrons. The lowest BCUT2D eigenvalue weighted by molar-refractivity contribution is 0.102. The smallest absolute Gasteiger partial charge is 0.257 e. The number of anilines is 1. The van der Waals surface area contributed by atoms with Crippen molar-refractivity contribution in [2.24, 2.45) is 10.9 Å². The van der Waals surface area contributed by atoms with Crippen molar-refractivity contribution in [1.82, 2.24) is 4.98 Å². The molecule has 0 saturated carbocycles. The molecule has 2 aromatic rings. The van der Waals surface area contributed by atoms with Crippen LogP contribution in [0.2, 0.25) is 0 Å². The molecule has 0 bridgehead atoms. The van der Waals surface area contributed by atoms with Crippen LogP contribution in [0.25, 0.3) is 0 Å². The molecule has 0 aliphatic carbocycles. The van der Waals surface area contributed by atoms with E-state index in [4.69, 9.17) is 10.9 Å². The number of nitrogens with zero attached hydrogens (tertiary/aromatic N) is 2. The maximum Gasteiger partial charge on any atom is 0.257 e. The number of oxime groups is 1. The number of pyridine rings is 1. The molecule has 0 spiro atoms. The molecule has 6 heteroatoms. The van der Waals surface area contributed by atoms with Gasteiger partial charge in [0.25, 0.3) is 5.91 Å². The number of aryl methyl sites for hydroxylation is 2. The number of nitrogens with two attached hydrogens (primary N) is 1. The zero-order valence-electron chi connectivity index (χ0n) is 11.8. The number of carbonyl (C=O) groups is 1. The van der Waals surface area contributed by atoms with Crippen LogP contribution in [0.4, 0.5) is 5.69 Å². The van der Waals surface area contributed by atoms with Gasteiger partial charge in [-0.15, -0.1) is 0 Å². The van der Waals surface area contributed by atoms with E-state index < -0.39 is 0 Å². The molecule has 1 aromatic heterocycles. The molecule has 21 heavy (non-hydrogen) atoms. The highest BCUT2D eigenvalue weighted by Crippen LogP contribution is 2.18. The lowest BCUT2D eigenvalue weighted by Crippen LogP contribution is -2.16. The lowest BCUT2D eigenvalue weighted by Gasteiger charge is -2.10. The maximum atomic E-state index is 12.2. The molecule has 108 valence electrons. The van der Waals surface area contributed by atoms with E-state index in [2.05, 4.69) is 15.5 Å². The third-order valence-corrected chi connectivity index (χ3v) is 3.06. The maximum absolute atomic E-state index is 12.2. The lowest BCUT2D eigenvalue weighted by atomic mass is 10.1. The van der Waals surface area contributed by atoms with Crippen LogP contribution >= 0.6 is 0 Å². The fourth-order valence-electron chi connectivity index (χ4n) is 1.77. The second-order valence-electron chi connectivity index (χ2n) is 4.66. The Balaban J connectivity index is 2.26. The van der Waals surface area contributed by atoms with Crippen molar-refractivity contribution in [3.8, 4) is 0 Å². The van der Waals surface area contributed by atoms with E-state index in [-0.39, 0.29) is 11.7 Å². The first-order valence-corrected chi connectivity index (χ1v) is 6.34. The molecular formula is C15H16N4O2. The van der Waals surface area contributed by atoms with Gasteiger partial charge in [0, 0.05) is 23.1 Å². The molecule has 0 aliphatic heterocycles. The summed E-state index contributed by atoms with van der Waals surface area (Å²) in [6.07, 6.45) is 1.52. The summed E-state index contributed by atoms with van der Waals surface area (Å²) in [4.78, 5) is 16.3. The van der Waals surface area contributed by atoms with Gasteiger partial charge in [-0.05, 0) is 37.6 Å². The Bertz CT molecular complexity index is 693. The van der Waals surface area contributed by atoms with E-state index in [0.29, 0.717) is 16.8 Å². The predicted molar refractivity (Wildman–Crippen MR) is 80.6 cm³/mol. The summed E-state index contributed by atoms with van der Waals surface area (Å²) in [5, 5.41) is 14.4. The number of hydrogen-bond donors (Lipinski definition) is 3. The molecule has 0 fully saturated rings. The number of amidine groups is 1. The molecule has 1 heterocycles. The Hall–Kier alpha value is -2.89. The van der Waals surface area contributed by atoms with Gasteiger partial charge in [-0.3, -0.25) is 9.78 Å². The van der Waals surface area contributed by atoms with Gasteiger partial charge in [-0.25, -0.2) is 0 Å². The fraction of sp³-hybridized carbons (Fsp3) is 0.133. The third kappa shape index (κ3) is 3.36. The summed E-state index contributed by atoms with van der Waals surface area (Å²) in [7, 11) is 0. The summed E-state index contributed by atoms with van der Waals surface area (Å²) in [6.45, 7) is 3.71. The summed E-state index contributed by atoms with van der Waals surface area (Å²) in [6, 6.07) is 8.64. The minimum atomic E-state index is -0.262. The molecule has 0 atom stereocenters. The quantitative estimate of drug-likeness (QED) is 0.347. The topological polar surface area (TPSA) is 101 Å². The van der Waals surface area contributed by atoms with Gasteiger partial charge in [0.1, 0.15) is 0 Å². The second-order valence-corrected chi connectivity index (χ2v) is 4.66. The highest BCUT2D eigenvalue weighted by atomic mass is 16.4. The number of amides is 1. The van der Waals surface area contributed by atoms with Gasteiger partial charge in [0.05, 0.1) is 5.56 Å². The van der Waals surface area contributed by atoms with Crippen molar-refractivity contribution in [2.75, 3.05) is 5.32 Å². The van der Waals surface area contributed by atoms with Gasteiger partial charge in [0.2, 0.25) is 0 Å². The molecule has 2 rings (SSSR count). The van der Waals surface area contributed by atoms with E-state index in [1.807, 2.05) is 13.8 Å². The number of benzene rings is 1. The normalized spacial score (nSPS) is 11.2. The zero-order valence-corrected chi connectivity index (χ0v) is 11.8. The fourth-order valence-corrected chi connectivity index (χ4v) is 1.77. The molecular weight excluding hydrogens is 268 g/mol. The first-order valence-electron chi connectivity index (χ1n) is 6.34. The summed E-state index contributed by atoms with van der Waals surface area (Å²) >= 11 is 0. The summed E-state index contributed by atoms with van der Waals surface area (Å²) in [5.41, 5.74) is 8.86. The standard InChI is InChI=1S/C15H16N4O2/c1-9-3-5-11(14(16)19-21)7-13(9)18-15(20)12-6-4-10(2)17-8-12/h3-8,21H,1-2H3,(H2,16,19)(H,18,20). The molecule has 0 saturated heterocycles. The minimum Gasteiger partial charge on any atom is -0.409 e. The van der Waals surface area contributed by atoms with Crippen LogP contribution in [0.1, 0.15) is 27.2 Å².